The van der Waals surface area contributed by atoms with Gasteiger partial charge in [0.15, 0.2) is 5.78 Å². The second-order valence-corrected chi connectivity index (χ2v) is 8.11. The quantitative estimate of drug-likeness (QED) is 0.427. The van der Waals surface area contributed by atoms with E-state index in [1.165, 1.54) is 6.92 Å². The second-order valence-electron chi connectivity index (χ2n) is 8.11. The van der Waals surface area contributed by atoms with Crippen LogP contribution in [0.2, 0.25) is 0 Å². The third-order valence-electron chi connectivity index (χ3n) is 5.26. The van der Waals surface area contributed by atoms with Crippen LogP contribution in [-0.2, 0) is 14.3 Å². The number of piperidine rings is 1. The highest BCUT2D eigenvalue weighted by Crippen LogP contribution is 2.18. The minimum atomic E-state index is -0.0472. The number of benzene rings is 1. The summed E-state index contributed by atoms with van der Waals surface area (Å²) in [6.45, 7) is 9.18. The summed E-state index contributed by atoms with van der Waals surface area (Å²) in [5.41, 5.74) is 1.32. The predicted octanol–water partition coefficient (Wildman–Crippen LogP) is 2.86. The maximum absolute atomic E-state index is 12.3. The topological polar surface area (TPSA) is 87.7 Å². The first kappa shape index (κ1) is 24.0. The van der Waals surface area contributed by atoms with Crippen LogP contribution >= 0.6 is 0 Å². The Balaban J connectivity index is 1.60. The van der Waals surface area contributed by atoms with Gasteiger partial charge < -0.3 is 20.3 Å². The molecule has 0 bridgehead atoms. The number of likely N-dealkylation sites (tertiary alicyclic amines) is 1. The minimum Gasteiger partial charge on any atom is -0.379 e. The molecule has 2 amide bonds. The van der Waals surface area contributed by atoms with Gasteiger partial charge in [-0.1, -0.05) is 0 Å². The highest BCUT2D eigenvalue weighted by Gasteiger charge is 2.24. The molecule has 1 fully saturated rings. The van der Waals surface area contributed by atoms with Crippen molar-refractivity contribution in [3.8, 4) is 0 Å². The lowest BCUT2D eigenvalue weighted by molar-refractivity contribution is -0.126. The molecule has 1 aliphatic heterocycles. The first-order chi connectivity index (χ1) is 14.3. The van der Waals surface area contributed by atoms with E-state index in [4.69, 9.17) is 4.74 Å². The fraction of sp³-hybridized carbons (Fsp3) is 0.609. The van der Waals surface area contributed by atoms with Crippen molar-refractivity contribution in [2.24, 2.45) is 5.92 Å². The summed E-state index contributed by atoms with van der Waals surface area (Å²) in [7, 11) is 0. The van der Waals surface area contributed by atoms with E-state index < -0.39 is 0 Å². The van der Waals surface area contributed by atoms with Crippen molar-refractivity contribution in [3.05, 3.63) is 29.8 Å². The summed E-state index contributed by atoms with van der Waals surface area (Å²) in [5.74, 6) is 0.144. The fourth-order valence-electron chi connectivity index (χ4n) is 3.44. The lowest BCUT2D eigenvalue weighted by atomic mass is 9.96. The number of nitrogens with one attached hydrogen (secondary N) is 2. The Labute approximate surface area is 179 Å². The molecule has 0 spiro atoms. The Hall–Kier alpha value is -2.25. The summed E-state index contributed by atoms with van der Waals surface area (Å²) >= 11 is 0. The molecular formula is C23H35N3O4. The Morgan fingerprint density at radius 3 is 2.40 bits per heavy atom. The molecule has 30 heavy (non-hydrogen) atoms. The zero-order valence-corrected chi connectivity index (χ0v) is 18.4. The van der Waals surface area contributed by atoms with Crippen molar-refractivity contribution in [2.45, 2.75) is 52.6 Å². The molecular weight excluding hydrogens is 382 g/mol. The van der Waals surface area contributed by atoms with Crippen LogP contribution in [0.4, 0.5) is 5.69 Å². The number of Topliss-reactive ketones (excluding diaryl/α,β-unsaturated/α-hetero) is 1. The number of nitrogens with zero attached hydrogens (tertiary/aromatic N) is 1. The van der Waals surface area contributed by atoms with Gasteiger partial charge in [0.05, 0.1) is 6.10 Å². The third kappa shape index (κ3) is 8.63. The Bertz CT molecular complexity index is 695. The zero-order chi connectivity index (χ0) is 21.9. The molecule has 1 aliphatic rings. The van der Waals surface area contributed by atoms with Crippen LogP contribution in [0.1, 0.15) is 56.8 Å². The Kier molecular flexibility index (Phi) is 9.97. The zero-order valence-electron chi connectivity index (χ0n) is 18.4. The van der Waals surface area contributed by atoms with Gasteiger partial charge in [0.2, 0.25) is 11.8 Å². The molecule has 0 unspecified atom stereocenters. The first-order valence-electron chi connectivity index (χ1n) is 10.9. The van der Waals surface area contributed by atoms with Crippen molar-refractivity contribution in [3.63, 3.8) is 0 Å². The fourth-order valence-corrected chi connectivity index (χ4v) is 3.44. The van der Waals surface area contributed by atoms with Crippen molar-refractivity contribution in [1.29, 1.82) is 0 Å². The molecule has 0 saturated carbocycles. The number of anilines is 1. The van der Waals surface area contributed by atoms with Gasteiger partial charge in [0, 0.05) is 43.3 Å². The van der Waals surface area contributed by atoms with Crippen molar-refractivity contribution < 1.29 is 19.1 Å². The van der Waals surface area contributed by atoms with Crippen molar-refractivity contribution in [1.82, 2.24) is 10.2 Å². The number of hydrogen-bond donors (Lipinski definition) is 2. The molecule has 7 nitrogen and oxygen atoms in total. The molecule has 1 saturated heterocycles. The van der Waals surface area contributed by atoms with E-state index in [0.717, 1.165) is 32.4 Å². The van der Waals surface area contributed by atoms with Crippen molar-refractivity contribution in [2.75, 3.05) is 38.1 Å². The van der Waals surface area contributed by atoms with E-state index in [9.17, 15) is 14.4 Å². The number of ketones is 1. The molecule has 166 valence electrons. The van der Waals surface area contributed by atoms with Crippen molar-refractivity contribution >= 4 is 23.3 Å². The molecule has 2 N–H and O–H groups in total. The SMILES string of the molecule is CC(=O)c1ccc(NC(=O)CCN2CCC(C(=O)NCCCOC(C)C)CC2)cc1. The lowest BCUT2D eigenvalue weighted by Crippen LogP contribution is -2.41. The van der Waals surface area contributed by atoms with Crippen LogP contribution in [-0.4, -0.2) is 61.4 Å². The summed E-state index contributed by atoms with van der Waals surface area (Å²) < 4.78 is 5.48. The number of rotatable bonds is 11. The van der Waals surface area contributed by atoms with Crippen LogP contribution in [0, 0.1) is 5.92 Å². The van der Waals surface area contributed by atoms with Crippen LogP contribution in [0.3, 0.4) is 0 Å². The predicted molar refractivity (Wildman–Crippen MR) is 118 cm³/mol. The molecule has 2 rings (SSSR count). The van der Waals surface area contributed by atoms with E-state index >= 15 is 0 Å². The van der Waals surface area contributed by atoms with Gasteiger partial charge in [0.25, 0.3) is 0 Å². The Morgan fingerprint density at radius 1 is 1.13 bits per heavy atom. The number of carbonyl (C=O) groups excluding carboxylic acids is 3. The molecule has 0 aromatic heterocycles. The molecule has 1 heterocycles. The molecule has 1 aromatic carbocycles. The van der Waals surface area contributed by atoms with Gasteiger partial charge in [0.1, 0.15) is 0 Å². The van der Waals surface area contributed by atoms with E-state index in [1.807, 2.05) is 13.8 Å². The molecule has 7 heteroatoms. The third-order valence-corrected chi connectivity index (χ3v) is 5.26. The Morgan fingerprint density at radius 2 is 1.80 bits per heavy atom. The van der Waals surface area contributed by atoms with Gasteiger partial charge in [-0.25, -0.2) is 0 Å². The summed E-state index contributed by atoms with van der Waals surface area (Å²) in [4.78, 5) is 38.0. The summed E-state index contributed by atoms with van der Waals surface area (Å²) in [5, 5.41) is 5.87. The minimum absolute atomic E-state index is 0.00473. The largest absolute Gasteiger partial charge is 0.379 e. The van der Waals surface area contributed by atoms with Gasteiger partial charge in [-0.3, -0.25) is 14.4 Å². The lowest BCUT2D eigenvalue weighted by Gasteiger charge is -2.31. The number of hydrogen-bond acceptors (Lipinski definition) is 5. The van der Waals surface area contributed by atoms with Crippen LogP contribution < -0.4 is 10.6 Å². The van der Waals surface area contributed by atoms with Crippen LogP contribution in [0.5, 0.6) is 0 Å². The van der Waals surface area contributed by atoms with E-state index in [1.54, 1.807) is 24.3 Å². The second kappa shape index (κ2) is 12.4. The number of amides is 2. The first-order valence-corrected chi connectivity index (χ1v) is 10.9. The van der Waals surface area contributed by atoms with Crippen LogP contribution in [0.15, 0.2) is 24.3 Å². The number of carbonyl (C=O) groups is 3. The van der Waals surface area contributed by atoms with E-state index in [2.05, 4.69) is 15.5 Å². The molecule has 1 aromatic rings. The normalized spacial score (nSPS) is 15.2. The number of ether oxygens (including phenoxy) is 1. The maximum atomic E-state index is 12.3. The summed E-state index contributed by atoms with van der Waals surface area (Å²) in [6, 6.07) is 6.91. The standard InChI is InChI=1S/C23H35N3O4/c1-17(2)30-16-4-12-24-23(29)20-9-13-26(14-10-20)15-11-22(28)25-21-7-5-19(6-8-21)18(3)27/h5-8,17,20H,4,9-16H2,1-3H3,(H,24,29)(H,25,28). The van der Waals surface area contributed by atoms with Gasteiger partial charge in [-0.2, -0.15) is 0 Å². The average Bonchev–Trinajstić information content (AvgIpc) is 2.72. The maximum Gasteiger partial charge on any atom is 0.225 e. The smallest absolute Gasteiger partial charge is 0.225 e. The molecule has 0 atom stereocenters. The monoisotopic (exact) mass is 417 g/mol. The highest BCUT2D eigenvalue weighted by molar-refractivity contribution is 5.95. The molecule has 0 aliphatic carbocycles. The van der Waals surface area contributed by atoms with Gasteiger partial charge >= 0.3 is 0 Å². The molecule has 0 radical (unpaired) electrons. The van der Waals surface area contributed by atoms with Crippen LogP contribution in [0.25, 0.3) is 0 Å². The average molecular weight is 418 g/mol. The van der Waals surface area contributed by atoms with E-state index in [0.29, 0.717) is 37.4 Å². The summed E-state index contributed by atoms with van der Waals surface area (Å²) in [6.07, 6.45) is 3.10. The highest BCUT2D eigenvalue weighted by atomic mass is 16.5. The van der Waals surface area contributed by atoms with Gasteiger partial charge in [-0.15, -0.1) is 0 Å². The van der Waals surface area contributed by atoms with Gasteiger partial charge in [-0.05, 0) is 77.4 Å². The van der Waals surface area contributed by atoms with E-state index in [-0.39, 0.29) is 29.6 Å².